The summed E-state index contributed by atoms with van der Waals surface area (Å²) in [5.74, 6) is -0.107. The summed E-state index contributed by atoms with van der Waals surface area (Å²) in [4.78, 5) is 16.0. The second kappa shape index (κ2) is 7.73. The fourth-order valence-corrected chi connectivity index (χ4v) is 5.22. The Labute approximate surface area is 197 Å². The van der Waals surface area contributed by atoms with Gasteiger partial charge in [0.2, 0.25) is 5.91 Å². The molecule has 34 heavy (non-hydrogen) atoms. The van der Waals surface area contributed by atoms with Crippen molar-refractivity contribution in [2.45, 2.75) is 12.0 Å². The Morgan fingerprint density at radius 3 is 2.50 bits per heavy atom. The largest absolute Gasteiger partial charge is 0.494 e. The Kier molecular flexibility index (Phi) is 4.66. The highest BCUT2D eigenvalue weighted by Crippen LogP contribution is 2.53. The van der Waals surface area contributed by atoms with Crippen LogP contribution in [0.3, 0.4) is 0 Å². The number of carbonyl (C=O) groups is 1. The summed E-state index contributed by atoms with van der Waals surface area (Å²) in [6.45, 7) is 0.540. The molecule has 2 aliphatic heterocycles. The van der Waals surface area contributed by atoms with Gasteiger partial charge in [0.25, 0.3) is 0 Å². The van der Waals surface area contributed by atoms with E-state index in [9.17, 15) is 9.18 Å². The highest BCUT2D eigenvalue weighted by Gasteiger charge is 2.57. The van der Waals surface area contributed by atoms with Gasteiger partial charge >= 0.3 is 0 Å². The Balaban J connectivity index is 1.48. The minimum atomic E-state index is -1.03. The van der Waals surface area contributed by atoms with E-state index in [1.807, 2.05) is 59.5 Å². The number of methoxy groups -OCH3 is 1. The molecule has 5 heteroatoms. The zero-order chi connectivity index (χ0) is 23.3. The van der Waals surface area contributed by atoms with Crippen LogP contribution in [0.4, 0.5) is 10.1 Å². The Hall–Kier alpha value is -4.12. The third-order valence-corrected chi connectivity index (χ3v) is 6.85. The predicted molar refractivity (Wildman–Crippen MR) is 129 cm³/mol. The van der Waals surface area contributed by atoms with Crippen molar-refractivity contribution in [2.24, 2.45) is 0 Å². The third-order valence-electron chi connectivity index (χ3n) is 6.85. The summed E-state index contributed by atoms with van der Waals surface area (Å²) in [6, 6.07) is 29.0. The zero-order valence-corrected chi connectivity index (χ0v) is 18.6. The fraction of sp³-hybridized carbons (Fsp3) is 0.138. The molecule has 6 rings (SSSR count). The van der Waals surface area contributed by atoms with Crippen LogP contribution in [0.25, 0.3) is 11.1 Å². The first-order valence-electron chi connectivity index (χ1n) is 11.2. The average molecular weight is 451 g/mol. The van der Waals surface area contributed by atoms with E-state index in [2.05, 4.69) is 24.3 Å². The minimum Gasteiger partial charge on any atom is -0.494 e. The van der Waals surface area contributed by atoms with E-state index in [4.69, 9.17) is 9.47 Å². The SMILES string of the molecule is COc1cc2c(cc1F)OCC21C(=O)N(Cc2ccccc2-c2ccccc2)c2ccccc21. The Bertz CT molecular complexity index is 1420. The summed E-state index contributed by atoms with van der Waals surface area (Å²) < 4.78 is 25.5. The molecular weight excluding hydrogens is 429 g/mol. The van der Waals surface area contributed by atoms with Crippen LogP contribution in [0, 0.1) is 5.82 Å². The van der Waals surface area contributed by atoms with Gasteiger partial charge in [0, 0.05) is 17.3 Å². The number of ether oxygens (including phenoxy) is 2. The Morgan fingerprint density at radius 2 is 1.68 bits per heavy atom. The molecule has 0 aliphatic carbocycles. The summed E-state index contributed by atoms with van der Waals surface area (Å²) >= 11 is 0. The third kappa shape index (κ3) is 2.86. The molecule has 1 spiro atoms. The maximum absolute atomic E-state index is 14.4. The molecule has 1 amide bonds. The van der Waals surface area contributed by atoms with Gasteiger partial charge in [0.05, 0.1) is 13.7 Å². The van der Waals surface area contributed by atoms with E-state index in [1.54, 1.807) is 6.07 Å². The van der Waals surface area contributed by atoms with Crippen LogP contribution in [0.5, 0.6) is 11.5 Å². The normalized spacial score (nSPS) is 18.1. The zero-order valence-electron chi connectivity index (χ0n) is 18.6. The summed E-state index contributed by atoms with van der Waals surface area (Å²) in [6.07, 6.45) is 0. The van der Waals surface area contributed by atoms with Crippen LogP contribution in [0.2, 0.25) is 0 Å². The van der Waals surface area contributed by atoms with Gasteiger partial charge in [-0.25, -0.2) is 4.39 Å². The molecule has 0 radical (unpaired) electrons. The topological polar surface area (TPSA) is 38.8 Å². The van der Waals surface area contributed by atoms with Gasteiger partial charge in [0.1, 0.15) is 17.8 Å². The first kappa shape index (κ1) is 20.5. The number of anilines is 1. The molecular formula is C29H22FNO3. The number of hydrogen-bond acceptors (Lipinski definition) is 3. The lowest BCUT2D eigenvalue weighted by Gasteiger charge is -2.24. The van der Waals surface area contributed by atoms with Crippen LogP contribution in [-0.2, 0) is 16.8 Å². The van der Waals surface area contributed by atoms with Gasteiger partial charge in [-0.05, 0) is 34.4 Å². The van der Waals surface area contributed by atoms with Crippen molar-refractivity contribution in [3.05, 3.63) is 114 Å². The maximum atomic E-state index is 14.4. The van der Waals surface area contributed by atoms with Crippen LogP contribution in [0.1, 0.15) is 16.7 Å². The van der Waals surface area contributed by atoms with E-state index < -0.39 is 11.2 Å². The van der Waals surface area contributed by atoms with Crippen LogP contribution >= 0.6 is 0 Å². The van der Waals surface area contributed by atoms with Gasteiger partial charge in [-0.15, -0.1) is 0 Å². The monoisotopic (exact) mass is 451 g/mol. The van der Waals surface area contributed by atoms with Gasteiger partial charge in [-0.1, -0.05) is 72.8 Å². The standard InChI is InChI=1S/C29H22FNO3/c1-33-27-15-23-26(16-24(27)30)34-18-29(23)22-13-7-8-14-25(22)31(28(29)32)17-20-11-5-6-12-21(20)19-9-3-2-4-10-19/h2-16H,17-18H2,1H3. The second-order valence-electron chi connectivity index (χ2n) is 8.61. The van der Waals surface area contributed by atoms with Crippen molar-refractivity contribution in [2.75, 3.05) is 18.6 Å². The second-order valence-corrected chi connectivity index (χ2v) is 8.61. The highest BCUT2D eigenvalue weighted by atomic mass is 19.1. The molecule has 0 aromatic heterocycles. The molecule has 0 saturated carbocycles. The van der Waals surface area contributed by atoms with E-state index in [0.717, 1.165) is 27.9 Å². The lowest BCUT2D eigenvalue weighted by atomic mass is 9.77. The first-order valence-corrected chi connectivity index (χ1v) is 11.2. The number of amides is 1. The van der Waals surface area contributed by atoms with E-state index in [1.165, 1.54) is 13.2 Å². The molecule has 4 aromatic rings. The molecule has 168 valence electrons. The van der Waals surface area contributed by atoms with Crippen molar-refractivity contribution in [3.63, 3.8) is 0 Å². The molecule has 0 N–H and O–H groups in total. The van der Waals surface area contributed by atoms with E-state index in [-0.39, 0.29) is 18.3 Å². The van der Waals surface area contributed by atoms with Crippen molar-refractivity contribution in [3.8, 4) is 22.6 Å². The summed E-state index contributed by atoms with van der Waals surface area (Å²) in [7, 11) is 1.42. The smallest absolute Gasteiger partial charge is 0.246 e. The van der Waals surface area contributed by atoms with Crippen LogP contribution < -0.4 is 14.4 Å². The van der Waals surface area contributed by atoms with Crippen molar-refractivity contribution < 1.29 is 18.7 Å². The molecule has 2 heterocycles. The van der Waals surface area contributed by atoms with Crippen LogP contribution in [0.15, 0.2) is 91.0 Å². The predicted octanol–water partition coefficient (Wildman–Crippen LogP) is 5.73. The molecule has 0 fully saturated rings. The van der Waals surface area contributed by atoms with Crippen molar-refractivity contribution in [1.29, 1.82) is 0 Å². The van der Waals surface area contributed by atoms with Gasteiger partial charge in [-0.3, -0.25) is 4.79 Å². The van der Waals surface area contributed by atoms with Gasteiger partial charge in [0.15, 0.2) is 11.6 Å². The quantitative estimate of drug-likeness (QED) is 0.398. The molecule has 1 unspecified atom stereocenters. The van der Waals surface area contributed by atoms with Crippen LogP contribution in [-0.4, -0.2) is 19.6 Å². The van der Waals surface area contributed by atoms with Crippen molar-refractivity contribution >= 4 is 11.6 Å². The number of hydrogen-bond donors (Lipinski definition) is 0. The van der Waals surface area contributed by atoms with E-state index in [0.29, 0.717) is 17.9 Å². The number of rotatable bonds is 4. The number of carbonyl (C=O) groups excluding carboxylic acids is 1. The molecule has 1 atom stereocenters. The summed E-state index contributed by atoms with van der Waals surface area (Å²) in [5, 5.41) is 0. The number of para-hydroxylation sites is 1. The number of nitrogens with zero attached hydrogens (tertiary/aromatic N) is 1. The van der Waals surface area contributed by atoms with Gasteiger partial charge < -0.3 is 14.4 Å². The lowest BCUT2D eigenvalue weighted by Crippen LogP contribution is -2.42. The summed E-state index contributed by atoms with van der Waals surface area (Å²) in [5.41, 5.74) is 4.55. The minimum absolute atomic E-state index is 0.0797. The fourth-order valence-electron chi connectivity index (χ4n) is 5.22. The number of fused-ring (bicyclic) bond motifs is 4. The van der Waals surface area contributed by atoms with Crippen molar-refractivity contribution in [1.82, 2.24) is 0 Å². The van der Waals surface area contributed by atoms with E-state index >= 15 is 0 Å². The Morgan fingerprint density at radius 1 is 0.941 bits per heavy atom. The molecule has 4 nitrogen and oxygen atoms in total. The van der Waals surface area contributed by atoms with Gasteiger partial charge in [-0.2, -0.15) is 0 Å². The average Bonchev–Trinajstić information content (AvgIpc) is 3.36. The maximum Gasteiger partial charge on any atom is 0.246 e. The molecule has 0 saturated heterocycles. The number of halogens is 1. The lowest BCUT2D eigenvalue weighted by molar-refractivity contribution is -0.122. The molecule has 4 aromatic carbocycles. The first-order chi connectivity index (χ1) is 16.6. The molecule has 0 bridgehead atoms. The number of benzene rings is 4. The highest BCUT2D eigenvalue weighted by molar-refractivity contribution is 6.11. The molecule has 2 aliphatic rings.